The molecule has 0 bridgehead atoms. The van der Waals surface area contributed by atoms with E-state index in [9.17, 15) is 19.0 Å². The Hall–Kier alpha value is -3.85. The number of ether oxygens (including phenoxy) is 2. The number of unbranched alkanes of at least 4 members (excludes halogenated alkanes) is 16. The van der Waals surface area contributed by atoms with Gasteiger partial charge < -0.3 is 18.9 Å². The zero-order valence-electron chi connectivity index (χ0n) is 47.5. The van der Waals surface area contributed by atoms with Crippen molar-refractivity contribution in [3.05, 3.63) is 134 Å². The highest BCUT2D eigenvalue weighted by Crippen LogP contribution is 2.43. The van der Waals surface area contributed by atoms with E-state index in [2.05, 4.69) is 129 Å². The maximum atomic E-state index is 12.8. The molecule has 74 heavy (non-hydrogen) atoms. The van der Waals surface area contributed by atoms with E-state index in [4.69, 9.17) is 18.5 Å². The molecule has 420 valence electrons. The van der Waals surface area contributed by atoms with E-state index in [1.165, 1.54) is 83.5 Å². The molecule has 9 nitrogen and oxygen atoms in total. The van der Waals surface area contributed by atoms with Gasteiger partial charge in [0, 0.05) is 6.42 Å². The first-order valence-corrected chi connectivity index (χ1v) is 30.4. The van der Waals surface area contributed by atoms with Gasteiger partial charge in [-0.3, -0.25) is 18.6 Å². The summed E-state index contributed by atoms with van der Waals surface area (Å²) in [6, 6.07) is 0. The zero-order valence-corrected chi connectivity index (χ0v) is 48.4. The second-order valence-corrected chi connectivity index (χ2v) is 21.4. The number of quaternary nitrogens is 1. The molecule has 0 aromatic carbocycles. The van der Waals surface area contributed by atoms with Gasteiger partial charge in [0.1, 0.15) is 19.8 Å². The average molecular weight is 1050 g/mol. The number of hydrogen-bond acceptors (Lipinski definition) is 7. The van der Waals surface area contributed by atoms with Gasteiger partial charge in [-0.15, -0.1) is 0 Å². The van der Waals surface area contributed by atoms with Crippen LogP contribution in [0.25, 0.3) is 0 Å². The Morgan fingerprint density at radius 3 is 1.15 bits per heavy atom. The Labute approximate surface area is 453 Å². The fourth-order valence-corrected chi connectivity index (χ4v) is 8.07. The largest absolute Gasteiger partial charge is 0.472 e. The molecule has 0 heterocycles. The molecule has 0 aliphatic carbocycles. The highest BCUT2D eigenvalue weighted by atomic mass is 31.2. The lowest BCUT2D eigenvalue weighted by molar-refractivity contribution is -0.870. The van der Waals surface area contributed by atoms with Crippen molar-refractivity contribution < 1.29 is 42.1 Å². The number of likely N-dealkylation sites (N-methyl/N-ethyl adjacent to an activating group) is 1. The Bertz CT molecular complexity index is 1710. The van der Waals surface area contributed by atoms with E-state index in [0.29, 0.717) is 23.9 Å². The first kappa shape index (κ1) is 70.1. The number of rotatable bonds is 51. The van der Waals surface area contributed by atoms with Crippen molar-refractivity contribution in [2.75, 3.05) is 47.5 Å². The van der Waals surface area contributed by atoms with E-state index >= 15 is 0 Å². The van der Waals surface area contributed by atoms with Gasteiger partial charge in [-0.2, -0.15) is 0 Å². The van der Waals surface area contributed by atoms with Gasteiger partial charge >= 0.3 is 19.8 Å². The fourth-order valence-electron chi connectivity index (χ4n) is 7.33. The van der Waals surface area contributed by atoms with Crippen molar-refractivity contribution in [2.24, 2.45) is 0 Å². The molecule has 0 saturated carbocycles. The van der Waals surface area contributed by atoms with Crippen molar-refractivity contribution in [3.63, 3.8) is 0 Å². The van der Waals surface area contributed by atoms with E-state index in [-0.39, 0.29) is 26.1 Å². The summed E-state index contributed by atoms with van der Waals surface area (Å²) in [6.45, 7) is 4.07. The summed E-state index contributed by atoms with van der Waals surface area (Å²) in [7, 11) is 1.42. The lowest BCUT2D eigenvalue weighted by Gasteiger charge is -2.24. The van der Waals surface area contributed by atoms with Crippen molar-refractivity contribution in [3.8, 4) is 0 Å². The van der Waals surface area contributed by atoms with Crippen LogP contribution in [0.5, 0.6) is 0 Å². The van der Waals surface area contributed by atoms with Crippen LogP contribution in [0.15, 0.2) is 134 Å². The summed E-state index contributed by atoms with van der Waals surface area (Å²) in [5.74, 6) is -0.952. The van der Waals surface area contributed by atoms with Gasteiger partial charge in [0.05, 0.1) is 34.2 Å². The van der Waals surface area contributed by atoms with Crippen molar-refractivity contribution in [1.29, 1.82) is 0 Å². The Kier molecular flexibility index (Phi) is 51.2. The number of esters is 2. The molecule has 2 atom stereocenters. The van der Waals surface area contributed by atoms with Crippen molar-refractivity contribution in [2.45, 2.75) is 213 Å². The van der Waals surface area contributed by atoms with Crippen LogP contribution in [0.3, 0.4) is 0 Å². The molecule has 0 aromatic rings. The van der Waals surface area contributed by atoms with Crippen molar-refractivity contribution in [1.82, 2.24) is 0 Å². The number of nitrogens with zero attached hydrogens (tertiary/aromatic N) is 1. The van der Waals surface area contributed by atoms with Crippen LogP contribution in [0.4, 0.5) is 0 Å². The van der Waals surface area contributed by atoms with Crippen LogP contribution < -0.4 is 0 Å². The third-order valence-corrected chi connectivity index (χ3v) is 12.7. The molecular formula is C64H107NO8P+. The lowest BCUT2D eigenvalue weighted by Crippen LogP contribution is -2.37. The van der Waals surface area contributed by atoms with Crippen LogP contribution in [0.2, 0.25) is 0 Å². The minimum absolute atomic E-state index is 0.0123. The Balaban J connectivity index is 4.13. The molecule has 0 aliphatic rings. The maximum Gasteiger partial charge on any atom is 0.472 e. The Morgan fingerprint density at radius 2 is 0.770 bits per heavy atom. The monoisotopic (exact) mass is 1050 g/mol. The second-order valence-electron chi connectivity index (χ2n) is 19.9. The first-order chi connectivity index (χ1) is 36.0. The molecule has 0 aromatic heterocycles. The van der Waals surface area contributed by atoms with Gasteiger partial charge in [-0.1, -0.05) is 237 Å². The van der Waals surface area contributed by atoms with Crippen LogP contribution in [0, 0.1) is 0 Å². The van der Waals surface area contributed by atoms with E-state index in [1.807, 2.05) is 33.3 Å². The minimum Gasteiger partial charge on any atom is -0.461 e. The minimum atomic E-state index is -4.41. The predicted octanol–water partition coefficient (Wildman–Crippen LogP) is 18.1. The summed E-state index contributed by atoms with van der Waals surface area (Å²) >= 11 is 0. The summed E-state index contributed by atoms with van der Waals surface area (Å²) < 4.78 is 34.4. The summed E-state index contributed by atoms with van der Waals surface area (Å²) in [5, 5.41) is 0. The third kappa shape index (κ3) is 57.4. The smallest absolute Gasteiger partial charge is 0.461 e. The van der Waals surface area contributed by atoms with Crippen LogP contribution in [-0.2, 0) is 32.7 Å². The van der Waals surface area contributed by atoms with Gasteiger partial charge in [-0.05, 0) is 89.9 Å². The molecule has 0 fully saturated rings. The normalized spacial score (nSPS) is 14.3. The summed E-state index contributed by atoms with van der Waals surface area (Å²) in [4.78, 5) is 35.5. The first-order valence-electron chi connectivity index (χ1n) is 28.9. The third-order valence-electron chi connectivity index (χ3n) is 11.7. The molecule has 0 saturated heterocycles. The summed E-state index contributed by atoms with van der Waals surface area (Å²) in [5.41, 5.74) is 0. The lowest BCUT2D eigenvalue weighted by atomic mass is 10.0. The molecule has 2 unspecified atom stereocenters. The summed E-state index contributed by atoms with van der Waals surface area (Å²) in [6.07, 6.45) is 78.5. The maximum absolute atomic E-state index is 12.8. The number of allylic oxidation sites excluding steroid dienone is 21. The molecular weight excluding hydrogens is 942 g/mol. The topological polar surface area (TPSA) is 108 Å². The fraction of sp³-hybridized carbons (Fsp3) is 0.625. The highest BCUT2D eigenvalue weighted by Gasteiger charge is 2.27. The molecule has 1 N–H and O–H groups in total. The SMILES string of the molecule is CC/C=C\C/C=C\C/C=C\C/C=C\C/C=C\C/C=C\CCCCCCCCCCCCCCCCCCC(=O)OC(COC(=O)C/C=C\C/C=C\C/C=C\C/C=C\C/C=C\CC)COP(=O)(O)OCC[N+](C)(C)C. The Morgan fingerprint density at radius 1 is 0.432 bits per heavy atom. The standard InChI is InChI=1S/C64H106NO8P/c1-6-8-10-12-14-16-18-20-22-23-24-25-26-27-28-29-30-31-32-33-34-35-36-37-38-39-40-41-43-45-47-49-51-53-55-57-64(67)73-62(61-72-74(68,69)71-59-58-65(3,4)5)60-70-63(66)56-54-52-50-48-46-44-42-21-19-17-15-13-11-9-7-2/h8-11,14-17,20-22,24-25,27-28,30-31,42,46,48,52,54,62H,6-7,12-13,18-19,23,26,29,32-41,43-45,47,49-51,53,55-61H2,1-5H3/p+1/b10-8-,11-9-,16-14-,17-15-,22-20-,25-24-,28-27-,31-30-,42-21-,48-46-,54-52-. The number of carbonyl (C=O) groups excluding carboxylic acids is 2. The van der Waals surface area contributed by atoms with Crippen molar-refractivity contribution >= 4 is 19.8 Å². The molecule has 0 rings (SSSR count). The second kappa shape index (κ2) is 54.0. The number of phosphoric acid groups is 1. The molecule has 0 aliphatic heterocycles. The molecule has 0 spiro atoms. The molecule has 10 heteroatoms. The van der Waals surface area contributed by atoms with Crippen LogP contribution in [-0.4, -0.2) is 74.9 Å². The highest BCUT2D eigenvalue weighted by molar-refractivity contribution is 7.47. The average Bonchev–Trinajstić information content (AvgIpc) is 3.36. The van der Waals surface area contributed by atoms with Gasteiger partial charge in [0.2, 0.25) is 0 Å². The number of phosphoric ester groups is 1. The predicted molar refractivity (Wildman–Crippen MR) is 316 cm³/mol. The van der Waals surface area contributed by atoms with Crippen LogP contribution >= 0.6 is 7.82 Å². The van der Waals surface area contributed by atoms with E-state index in [0.717, 1.165) is 83.5 Å². The number of hydrogen-bond donors (Lipinski definition) is 1. The van der Waals surface area contributed by atoms with E-state index in [1.54, 1.807) is 6.08 Å². The molecule has 0 radical (unpaired) electrons. The van der Waals surface area contributed by atoms with Gasteiger partial charge in [0.15, 0.2) is 6.10 Å². The van der Waals surface area contributed by atoms with E-state index < -0.39 is 32.5 Å². The number of carbonyl (C=O) groups is 2. The van der Waals surface area contributed by atoms with Crippen LogP contribution in [0.1, 0.15) is 206 Å². The zero-order chi connectivity index (χ0) is 54.2. The van der Waals surface area contributed by atoms with Gasteiger partial charge in [-0.25, -0.2) is 4.57 Å². The quantitative estimate of drug-likeness (QED) is 0.0211. The molecule has 0 amide bonds. The van der Waals surface area contributed by atoms with Gasteiger partial charge in [0.25, 0.3) is 0 Å².